The van der Waals surface area contributed by atoms with Gasteiger partial charge in [-0.15, -0.1) is 10.2 Å². The van der Waals surface area contributed by atoms with Crippen molar-refractivity contribution in [3.8, 4) is 0 Å². The average Bonchev–Trinajstić information content (AvgIpc) is 3.57. The Balaban J connectivity index is 1.26. The van der Waals surface area contributed by atoms with Crippen LogP contribution in [0.5, 0.6) is 0 Å². The largest absolute Gasteiger partial charge is 0.369 e. The number of likely N-dealkylation sites (tertiary alicyclic amines) is 1. The number of carbonyl (C=O) groups excluding carboxylic acids is 2. The van der Waals surface area contributed by atoms with Crippen molar-refractivity contribution in [3.05, 3.63) is 17.3 Å². The summed E-state index contributed by atoms with van der Waals surface area (Å²) >= 11 is 1.19. The van der Waals surface area contributed by atoms with Gasteiger partial charge in [-0.05, 0) is 45.2 Å². The first kappa shape index (κ1) is 23.4. The molecule has 190 valence electrons. The van der Waals surface area contributed by atoms with E-state index in [0.717, 1.165) is 45.3 Å². The molecule has 5 aliphatic rings. The van der Waals surface area contributed by atoms with Crippen LogP contribution in [0.15, 0.2) is 17.3 Å². The lowest BCUT2D eigenvalue weighted by molar-refractivity contribution is -0.197. The van der Waals surface area contributed by atoms with Crippen LogP contribution >= 0.6 is 11.3 Å². The predicted molar refractivity (Wildman–Crippen MR) is 129 cm³/mol. The number of aromatic nitrogens is 2. The molecule has 4 heterocycles. The standard InChI is InChI=1S/C24H33FN6O3S/c25-16-11-14-20-22(19(16)26-7-10-30-8-3-4-9-30)34-18-6-2-1-5-17(18)31(20)12-15(21(14)32)23(33)28-24-29-27-13-35-24/h12-14,16-20,22,26H,1-11H2,(H,28,29,33). The Kier molecular flexibility index (Phi) is 6.59. The number of Topliss-reactive ketones (excluding diaryl/α,β-unsaturated/α-hetero) is 1. The average molecular weight is 505 g/mol. The highest BCUT2D eigenvalue weighted by atomic mass is 32.1. The molecular formula is C24H33FN6O3S. The molecule has 2 N–H and O–H groups in total. The molecule has 0 radical (unpaired) electrons. The smallest absolute Gasteiger partial charge is 0.262 e. The molecule has 2 saturated heterocycles. The van der Waals surface area contributed by atoms with Crippen LogP contribution in [0, 0.1) is 5.92 Å². The molecule has 0 bridgehead atoms. The minimum atomic E-state index is -1.21. The second kappa shape index (κ2) is 9.84. The zero-order valence-electron chi connectivity index (χ0n) is 19.8. The van der Waals surface area contributed by atoms with Crippen molar-refractivity contribution in [2.24, 2.45) is 5.92 Å². The third-order valence-electron chi connectivity index (χ3n) is 8.41. The van der Waals surface area contributed by atoms with Crippen LogP contribution in [0.3, 0.4) is 0 Å². The maximum Gasteiger partial charge on any atom is 0.262 e. The Hall–Kier alpha value is -1.95. The number of amides is 1. The number of carbonyl (C=O) groups is 2. The van der Waals surface area contributed by atoms with Crippen LogP contribution in [0.25, 0.3) is 0 Å². The molecular weight excluding hydrogens is 471 g/mol. The van der Waals surface area contributed by atoms with Gasteiger partial charge in [0.15, 0.2) is 5.78 Å². The molecule has 11 heteroatoms. The van der Waals surface area contributed by atoms with E-state index in [-0.39, 0.29) is 36.0 Å². The van der Waals surface area contributed by atoms with Gasteiger partial charge >= 0.3 is 0 Å². The van der Waals surface area contributed by atoms with Gasteiger partial charge < -0.3 is 19.9 Å². The number of fused-ring (bicyclic) bond motifs is 2. The van der Waals surface area contributed by atoms with Crippen molar-refractivity contribution >= 4 is 28.2 Å². The molecule has 4 fully saturated rings. The summed E-state index contributed by atoms with van der Waals surface area (Å²) in [4.78, 5) is 31.2. The summed E-state index contributed by atoms with van der Waals surface area (Å²) in [6.07, 6.45) is 6.67. The molecule has 1 amide bonds. The molecule has 1 aromatic heterocycles. The van der Waals surface area contributed by atoms with E-state index < -0.39 is 30.1 Å². The molecule has 6 rings (SSSR count). The molecule has 9 nitrogen and oxygen atoms in total. The van der Waals surface area contributed by atoms with Crippen LogP contribution < -0.4 is 10.6 Å². The number of anilines is 1. The zero-order chi connectivity index (χ0) is 23.9. The van der Waals surface area contributed by atoms with E-state index in [1.807, 2.05) is 0 Å². The lowest BCUT2D eigenvalue weighted by Gasteiger charge is -2.59. The monoisotopic (exact) mass is 504 g/mol. The topological polar surface area (TPSA) is 99.7 Å². The van der Waals surface area contributed by atoms with Crippen LogP contribution in [0.4, 0.5) is 9.52 Å². The van der Waals surface area contributed by atoms with E-state index in [9.17, 15) is 9.59 Å². The molecule has 7 unspecified atom stereocenters. The molecule has 1 aromatic rings. The summed E-state index contributed by atoms with van der Waals surface area (Å²) in [7, 11) is 0. The van der Waals surface area contributed by atoms with Crippen molar-refractivity contribution in [2.75, 3.05) is 31.5 Å². The lowest BCUT2D eigenvalue weighted by Crippen LogP contribution is -2.72. The van der Waals surface area contributed by atoms with E-state index in [1.165, 1.54) is 29.7 Å². The Bertz CT molecular complexity index is 970. The minimum absolute atomic E-state index is 0.0178. The number of morpholine rings is 1. The van der Waals surface area contributed by atoms with Gasteiger partial charge in [0.1, 0.15) is 11.7 Å². The molecule has 35 heavy (non-hydrogen) atoms. The first-order chi connectivity index (χ1) is 17.1. The molecule has 7 atom stereocenters. The highest BCUT2D eigenvalue weighted by Crippen LogP contribution is 2.45. The van der Waals surface area contributed by atoms with Gasteiger partial charge in [0.25, 0.3) is 5.91 Å². The quantitative estimate of drug-likeness (QED) is 0.566. The number of ether oxygens (including phenoxy) is 1. The number of ketones is 1. The Morgan fingerprint density at radius 2 is 2.06 bits per heavy atom. The van der Waals surface area contributed by atoms with E-state index in [0.29, 0.717) is 11.7 Å². The van der Waals surface area contributed by atoms with Gasteiger partial charge in [-0.3, -0.25) is 14.9 Å². The molecule has 0 aromatic carbocycles. The van der Waals surface area contributed by atoms with Crippen molar-refractivity contribution in [1.29, 1.82) is 0 Å². The fourth-order valence-electron chi connectivity index (χ4n) is 6.78. The summed E-state index contributed by atoms with van der Waals surface area (Å²) in [5.41, 5.74) is 1.60. The van der Waals surface area contributed by atoms with Gasteiger partial charge in [0.05, 0.1) is 35.9 Å². The van der Waals surface area contributed by atoms with E-state index in [2.05, 4.69) is 30.6 Å². The van der Waals surface area contributed by atoms with Gasteiger partial charge in [0, 0.05) is 25.2 Å². The maximum absolute atomic E-state index is 15.7. The third kappa shape index (κ3) is 4.41. The summed E-state index contributed by atoms with van der Waals surface area (Å²) in [5, 5.41) is 14.1. The number of alkyl halides is 1. The number of hydrogen-bond donors (Lipinski definition) is 2. The van der Waals surface area contributed by atoms with E-state index in [4.69, 9.17) is 4.74 Å². The van der Waals surface area contributed by atoms with Gasteiger partial charge in [0.2, 0.25) is 5.13 Å². The lowest BCUT2D eigenvalue weighted by atomic mass is 9.69. The van der Waals surface area contributed by atoms with Gasteiger partial charge in [-0.25, -0.2) is 4.39 Å². The normalized spacial score (nSPS) is 36.9. The molecule has 0 spiro atoms. The van der Waals surface area contributed by atoms with E-state index >= 15 is 4.39 Å². The van der Waals surface area contributed by atoms with Gasteiger partial charge in [-0.1, -0.05) is 24.2 Å². The summed E-state index contributed by atoms with van der Waals surface area (Å²) in [5.74, 6) is -1.40. The highest BCUT2D eigenvalue weighted by molar-refractivity contribution is 7.13. The second-order valence-corrected chi connectivity index (χ2v) is 11.3. The Morgan fingerprint density at radius 3 is 2.86 bits per heavy atom. The van der Waals surface area contributed by atoms with E-state index in [1.54, 1.807) is 6.20 Å². The fourth-order valence-corrected chi connectivity index (χ4v) is 7.22. The van der Waals surface area contributed by atoms with Crippen molar-refractivity contribution in [2.45, 2.75) is 81.5 Å². The van der Waals surface area contributed by atoms with Crippen molar-refractivity contribution in [3.63, 3.8) is 0 Å². The highest BCUT2D eigenvalue weighted by Gasteiger charge is 2.58. The fraction of sp³-hybridized carbons (Fsp3) is 0.750. The summed E-state index contributed by atoms with van der Waals surface area (Å²) in [6.45, 7) is 3.81. The third-order valence-corrected chi connectivity index (χ3v) is 9.02. The molecule has 2 saturated carbocycles. The van der Waals surface area contributed by atoms with Crippen molar-refractivity contribution < 1.29 is 18.7 Å². The van der Waals surface area contributed by atoms with Crippen LogP contribution in [0.1, 0.15) is 44.9 Å². The Labute approximate surface area is 208 Å². The molecule has 3 aliphatic heterocycles. The summed E-state index contributed by atoms with van der Waals surface area (Å²) in [6, 6.07) is -0.607. The SMILES string of the molecule is O=C(Nc1nncs1)C1=CN2C3CCCCC3OC3C(NCCN4CCCC4)C(F)CC(C1=O)C32. The predicted octanol–water partition coefficient (Wildman–Crippen LogP) is 1.74. The Morgan fingerprint density at radius 1 is 1.23 bits per heavy atom. The van der Waals surface area contributed by atoms with Crippen molar-refractivity contribution in [1.82, 2.24) is 25.3 Å². The second-order valence-electron chi connectivity index (χ2n) is 10.4. The number of rotatable bonds is 6. The van der Waals surface area contributed by atoms with Crippen LogP contribution in [-0.4, -0.2) is 94.4 Å². The van der Waals surface area contributed by atoms with Crippen LogP contribution in [-0.2, 0) is 14.3 Å². The first-order valence-corrected chi connectivity index (χ1v) is 13.8. The first-order valence-electron chi connectivity index (χ1n) is 13.0. The summed E-state index contributed by atoms with van der Waals surface area (Å²) < 4.78 is 22.3. The number of nitrogens with zero attached hydrogens (tertiary/aromatic N) is 4. The van der Waals surface area contributed by atoms with Gasteiger partial charge in [-0.2, -0.15) is 0 Å². The zero-order valence-corrected chi connectivity index (χ0v) is 20.6. The number of nitrogens with one attached hydrogen (secondary N) is 2. The maximum atomic E-state index is 15.7. The number of hydrogen-bond acceptors (Lipinski definition) is 9. The number of halogens is 1. The molecule has 2 aliphatic carbocycles. The van der Waals surface area contributed by atoms with Crippen LogP contribution in [0.2, 0.25) is 0 Å². The minimum Gasteiger partial charge on any atom is -0.369 e.